The van der Waals surface area contributed by atoms with Gasteiger partial charge in [0.15, 0.2) is 0 Å². The Bertz CT molecular complexity index is 1420. The standard InChI is InChI=1S/C25H27NO3/c1-18-6-2-11-22(14-18)24(27)17-26-13-5-8-19-7-3-9-20(15-19)21-10-4-12-23(16-21)25(28)29/h2-4,6-7,9-12,14-16,24,26-27H,5,8,13,17H2,1H3,(H,28,29)/t24-/m0/s1/i2D,3D,5D2,6D,7D,9D,11D,14D,15D. The van der Waals surface area contributed by atoms with E-state index in [1.807, 2.05) is 0 Å². The van der Waals surface area contributed by atoms with Gasteiger partial charge in [-0.25, -0.2) is 4.79 Å². The van der Waals surface area contributed by atoms with Crippen LogP contribution in [0, 0.1) is 6.92 Å². The number of hydrogen-bond donors (Lipinski definition) is 3. The average molecular weight is 400 g/mol. The van der Waals surface area contributed by atoms with Gasteiger partial charge in [0.25, 0.3) is 0 Å². The number of carboxylic acid groups (broad SMARTS) is 1. The summed E-state index contributed by atoms with van der Waals surface area (Å²) in [5.74, 6) is -1.22. The highest BCUT2D eigenvalue weighted by molar-refractivity contribution is 5.89. The molecule has 3 aromatic carbocycles. The number of hydrogen-bond acceptors (Lipinski definition) is 3. The van der Waals surface area contributed by atoms with Gasteiger partial charge in [0.1, 0.15) is 0 Å². The van der Waals surface area contributed by atoms with Gasteiger partial charge in [-0.05, 0) is 60.6 Å². The summed E-state index contributed by atoms with van der Waals surface area (Å²) >= 11 is 0. The molecule has 0 spiro atoms. The molecule has 0 bridgehead atoms. The average Bonchev–Trinajstić information content (AvgIpc) is 2.88. The van der Waals surface area contributed by atoms with Crippen LogP contribution >= 0.6 is 0 Å². The Balaban J connectivity index is 1.85. The number of aliphatic hydroxyl groups is 1. The summed E-state index contributed by atoms with van der Waals surface area (Å²) in [5.41, 5.74) is -0.146. The summed E-state index contributed by atoms with van der Waals surface area (Å²) in [4.78, 5) is 11.4. The molecule has 0 radical (unpaired) electrons. The fourth-order valence-electron chi connectivity index (χ4n) is 2.63. The number of benzene rings is 3. The molecule has 0 unspecified atom stereocenters. The molecule has 0 aliphatic heterocycles. The molecule has 3 aromatic rings. The fourth-order valence-corrected chi connectivity index (χ4v) is 2.63. The van der Waals surface area contributed by atoms with Gasteiger partial charge >= 0.3 is 5.97 Å². The second-order valence-electron chi connectivity index (χ2n) is 6.35. The minimum atomic E-state index is -2.10. The van der Waals surface area contributed by atoms with E-state index in [4.69, 9.17) is 13.7 Å². The summed E-state index contributed by atoms with van der Waals surface area (Å²) in [7, 11) is 0. The fraction of sp³-hybridized carbons (Fsp3) is 0.240. The van der Waals surface area contributed by atoms with E-state index in [2.05, 4.69) is 5.32 Å². The number of aliphatic hydroxyl groups excluding tert-OH is 1. The largest absolute Gasteiger partial charge is 0.478 e. The molecular formula is C25H27NO3. The molecule has 0 saturated carbocycles. The molecule has 3 N–H and O–H groups in total. The van der Waals surface area contributed by atoms with E-state index in [0.29, 0.717) is 0 Å². The maximum Gasteiger partial charge on any atom is 0.335 e. The first-order valence-electron chi connectivity index (χ1n) is 14.0. The van der Waals surface area contributed by atoms with Crippen molar-refractivity contribution in [3.05, 3.63) is 94.9 Å². The SMILES string of the molecule is [2H]c1c([2H])c(CC([2H])([2H])CNC[C@H](O)c2c([2H])c([2H])c([2H])c(C)c2[2H])c([2H])c(-c2cccc(C(=O)O)c2)c1[2H]. The predicted octanol–water partition coefficient (Wildman–Crippen LogP) is 4.62. The van der Waals surface area contributed by atoms with Crippen LogP contribution in [-0.2, 0) is 6.42 Å². The Morgan fingerprint density at radius 2 is 2.00 bits per heavy atom. The van der Waals surface area contributed by atoms with E-state index in [1.54, 1.807) is 0 Å². The van der Waals surface area contributed by atoms with Crippen LogP contribution in [0.25, 0.3) is 11.1 Å². The third-order valence-electron chi connectivity index (χ3n) is 4.07. The molecule has 0 saturated heterocycles. The molecule has 0 aliphatic rings. The number of aromatic carboxylic acids is 1. The Labute approximate surface area is 185 Å². The van der Waals surface area contributed by atoms with Gasteiger partial charge in [-0.1, -0.05) is 66.0 Å². The van der Waals surface area contributed by atoms with Crippen LogP contribution in [0.2, 0.25) is 0 Å². The summed E-state index contributed by atoms with van der Waals surface area (Å²) in [6.45, 7) is 0.778. The minimum Gasteiger partial charge on any atom is -0.478 e. The Morgan fingerprint density at radius 1 is 1.17 bits per heavy atom. The summed E-state index contributed by atoms with van der Waals surface area (Å²) < 4.78 is 82.0. The van der Waals surface area contributed by atoms with Gasteiger partial charge < -0.3 is 15.5 Å². The van der Waals surface area contributed by atoms with E-state index >= 15 is 0 Å². The van der Waals surface area contributed by atoms with E-state index in [1.165, 1.54) is 31.2 Å². The zero-order chi connectivity index (χ0) is 29.4. The van der Waals surface area contributed by atoms with Crippen molar-refractivity contribution in [2.24, 2.45) is 0 Å². The molecule has 0 amide bonds. The van der Waals surface area contributed by atoms with Crippen LogP contribution in [-0.4, -0.2) is 29.3 Å². The highest BCUT2D eigenvalue weighted by Crippen LogP contribution is 2.22. The van der Waals surface area contributed by atoms with Gasteiger partial charge in [-0.3, -0.25) is 0 Å². The zero-order valence-electron chi connectivity index (χ0n) is 25.8. The maximum absolute atomic E-state index is 11.4. The molecule has 29 heavy (non-hydrogen) atoms. The molecule has 150 valence electrons. The van der Waals surface area contributed by atoms with Gasteiger partial charge in [-0.15, -0.1) is 0 Å². The first kappa shape index (κ1) is 11.3. The number of carbonyl (C=O) groups is 1. The van der Waals surface area contributed by atoms with Crippen LogP contribution in [0.1, 0.15) is 53.2 Å². The second-order valence-corrected chi connectivity index (χ2v) is 6.35. The first-order valence-corrected chi connectivity index (χ1v) is 8.97. The van der Waals surface area contributed by atoms with Crippen molar-refractivity contribution in [2.45, 2.75) is 25.8 Å². The van der Waals surface area contributed by atoms with Gasteiger partial charge in [0, 0.05) is 9.29 Å². The minimum absolute atomic E-state index is 0.0846. The van der Waals surface area contributed by atoms with Crippen LogP contribution in [0.4, 0.5) is 0 Å². The van der Waals surface area contributed by atoms with E-state index in [9.17, 15) is 15.0 Å². The lowest BCUT2D eigenvalue weighted by atomic mass is 9.99. The predicted molar refractivity (Wildman–Crippen MR) is 116 cm³/mol. The lowest BCUT2D eigenvalue weighted by molar-refractivity contribution is 0.0697. The van der Waals surface area contributed by atoms with Crippen LogP contribution in [0.15, 0.2) is 72.6 Å². The third kappa shape index (κ3) is 6.01. The molecular weight excluding hydrogens is 362 g/mol. The van der Waals surface area contributed by atoms with E-state index in [0.717, 1.165) is 0 Å². The number of nitrogens with one attached hydrogen (secondary N) is 1. The maximum atomic E-state index is 11.4. The quantitative estimate of drug-likeness (QED) is 0.491. The Kier molecular flexibility index (Phi) is 3.90. The smallest absolute Gasteiger partial charge is 0.335 e. The highest BCUT2D eigenvalue weighted by Gasteiger charge is 2.07. The van der Waals surface area contributed by atoms with E-state index < -0.39 is 55.1 Å². The monoisotopic (exact) mass is 399 g/mol. The lowest BCUT2D eigenvalue weighted by Gasteiger charge is -2.13. The van der Waals surface area contributed by atoms with Gasteiger partial charge in [0.2, 0.25) is 0 Å². The Hall–Kier alpha value is -2.95. The Morgan fingerprint density at radius 3 is 2.83 bits per heavy atom. The molecule has 3 rings (SSSR count). The second kappa shape index (κ2) is 10.0. The summed E-state index contributed by atoms with van der Waals surface area (Å²) in [5, 5.41) is 22.6. The third-order valence-corrected chi connectivity index (χ3v) is 4.07. The molecule has 1 atom stereocenters. The lowest BCUT2D eigenvalue weighted by Crippen LogP contribution is -2.22. The van der Waals surface area contributed by atoms with Crippen molar-refractivity contribution in [2.75, 3.05) is 13.1 Å². The first-order chi connectivity index (χ1) is 18.1. The molecule has 0 aromatic heterocycles. The summed E-state index contributed by atoms with van der Waals surface area (Å²) in [6, 6.07) is 2.26. The van der Waals surface area contributed by atoms with Crippen LogP contribution < -0.4 is 5.32 Å². The molecule has 0 aliphatic carbocycles. The topological polar surface area (TPSA) is 69.6 Å². The van der Waals surface area contributed by atoms with Crippen molar-refractivity contribution in [1.29, 1.82) is 0 Å². The van der Waals surface area contributed by atoms with E-state index in [-0.39, 0.29) is 64.6 Å². The number of rotatable bonds is 9. The molecule has 0 fully saturated rings. The van der Waals surface area contributed by atoms with Crippen molar-refractivity contribution >= 4 is 5.97 Å². The highest BCUT2D eigenvalue weighted by atomic mass is 16.4. The van der Waals surface area contributed by atoms with Gasteiger partial charge in [0.05, 0.1) is 22.6 Å². The summed E-state index contributed by atoms with van der Waals surface area (Å²) in [6.07, 6.45) is -4.03. The molecule has 4 nitrogen and oxygen atoms in total. The zero-order valence-corrected chi connectivity index (χ0v) is 15.8. The number of carboxylic acids is 1. The normalized spacial score (nSPS) is 17.3. The van der Waals surface area contributed by atoms with Crippen molar-refractivity contribution in [3.63, 3.8) is 0 Å². The van der Waals surface area contributed by atoms with Crippen molar-refractivity contribution < 1.29 is 28.7 Å². The van der Waals surface area contributed by atoms with Crippen molar-refractivity contribution in [3.8, 4) is 11.1 Å². The van der Waals surface area contributed by atoms with Crippen LogP contribution in [0.3, 0.4) is 0 Å². The van der Waals surface area contributed by atoms with Crippen LogP contribution in [0.5, 0.6) is 0 Å². The molecule has 4 heteroatoms. The van der Waals surface area contributed by atoms with Crippen molar-refractivity contribution in [1.82, 2.24) is 5.32 Å². The van der Waals surface area contributed by atoms with Gasteiger partial charge in [-0.2, -0.15) is 0 Å². The molecule has 0 heterocycles.